The molecular weight excluding hydrogens is 727 g/mol. The van der Waals surface area contributed by atoms with Gasteiger partial charge in [0.15, 0.2) is 17.5 Å². The Morgan fingerprint density at radius 3 is 1.53 bits per heavy atom. The Bertz CT molecular complexity index is 4690. The molecular formula is C53H29N3O3. The summed E-state index contributed by atoms with van der Waals surface area (Å²) >= 11 is 0. The number of nitrogens with zero attached hydrogens (tertiary/aromatic N) is 3. The highest BCUT2D eigenvalue weighted by Gasteiger charge is 2.24. The van der Waals surface area contributed by atoms with E-state index in [1.165, 1.54) is 0 Å². The summed E-state index contributed by atoms with van der Waals surface area (Å²) in [4.78, 5) is 14.9. The Hall–Kier alpha value is -8.09. The maximum Gasteiger partial charge on any atom is 0.164 e. The molecule has 4 heterocycles. The molecule has 0 amide bonds. The van der Waals surface area contributed by atoms with E-state index in [1.807, 2.05) is 48.5 Å². The monoisotopic (exact) mass is 773 g/mol. The zero-order valence-electron chi connectivity index (χ0n) is 47.9. The minimum Gasteiger partial charge on any atom is -0.456 e. The lowest BCUT2D eigenvalue weighted by atomic mass is 9.98. The molecule has 274 valence electrons. The lowest BCUT2D eigenvalue weighted by Crippen LogP contribution is -2.01. The van der Waals surface area contributed by atoms with Crippen LogP contribution in [0.15, 0.2) is 189 Å². The van der Waals surface area contributed by atoms with Crippen molar-refractivity contribution in [3.8, 4) is 45.3 Å². The van der Waals surface area contributed by atoms with Crippen molar-refractivity contribution in [2.45, 2.75) is 0 Å². The van der Waals surface area contributed by atoms with Gasteiger partial charge in [0.25, 0.3) is 0 Å². The van der Waals surface area contributed by atoms with Gasteiger partial charge in [-0.05, 0) is 64.3 Å². The molecule has 9 aromatic carbocycles. The summed E-state index contributed by atoms with van der Waals surface area (Å²) in [7, 11) is 0. The van der Waals surface area contributed by atoms with Gasteiger partial charge in [0, 0.05) is 59.8 Å². The molecule has 0 aliphatic heterocycles. The summed E-state index contributed by atoms with van der Waals surface area (Å²) in [6.45, 7) is 0. The van der Waals surface area contributed by atoms with Gasteiger partial charge in [-0.15, -0.1) is 0 Å². The van der Waals surface area contributed by atoms with Gasteiger partial charge < -0.3 is 13.3 Å². The van der Waals surface area contributed by atoms with Crippen LogP contribution in [0, 0.1) is 0 Å². The van der Waals surface area contributed by atoms with Crippen molar-refractivity contribution in [3.63, 3.8) is 0 Å². The average molecular weight is 774 g/mol. The minimum atomic E-state index is -0.731. The number of hydrogen-bond acceptors (Lipinski definition) is 6. The number of hydrogen-bond donors (Lipinski definition) is 0. The molecule has 6 heteroatoms. The van der Waals surface area contributed by atoms with Crippen LogP contribution in [0.1, 0.15) is 24.7 Å². The predicted molar refractivity (Wildman–Crippen MR) is 238 cm³/mol. The standard InChI is InChI=1S/C53H29N3O3/c1-2-13-30(14-3-1)31-25-26-38-45(29-31)57-44-24-12-21-39(46(38)44)51-54-52(40-27-32-15-4-6-17-34(32)49-47(40)36-19-8-10-22-42(36)58-49)56-53(55-51)41-28-33-16-5-7-18-35(33)50-48(41)37-20-9-11-23-43(37)59-50/h1-29H/i4D,5D,6D,7D,8D,9D,10D,11D,15D,16D,17D,18D,19D,20D,22D,23D,27D,28D. The van der Waals surface area contributed by atoms with Gasteiger partial charge in [0.1, 0.15) is 33.5 Å². The maximum absolute atomic E-state index is 9.99. The van der Waals surface area contributed by atoms with Crippen LogP contribution >= 0.6 is 0 Å². The highest BCUT2D eigenvalue weighted by Crippen LogP contribution is 2.45. The van der Waals surface area contributed by atoms with E-state index in [0.29, 0.717) is 21.9 Å². The third-order valence-corrected chi connectivity index (χ3v) is 10.4. The Morgan fingerprint density at radius 2 is 0.915 bits per heavy atom. The quantitative estimate of drug-likeness (QED) is 0.177. The molecule has 59 heavy (non-hydrogen) atoms. The van der Waals surface area contributed by atoms with E-state index < -0.39 is 142 Å². The van der Waals surface area contributed by atoms with Crippen molar-refractivity contribution in [1.29, 1.82) is 0 Å². The molecule has 0 fully saturated rings. The molecule has 0 spiro atoms. The number of aromatic nitrogens is 3. The van der Waals surface area contributed by atoms with Gasteiger partial charge in [0.2, 0.25) is 0 Å². The number of furan rings is 3. The summed E-state index contributed by atoms with van der Waals surface area (Å²) in [5.41, 5.74) is 0.450. The van der Waals surface area contributed by atoms with Crippen molar-refractivity contribution >= 4 is 87.4 Å². The molecule has 0 aliphatic carbocycles. The Kier molecular flexibility index (Phi) is 4.01. The van der Waals surface area contributed by atoms with E-state index >= 15 is 0 Å². The van der Waals surface area contributed by atoms with Crippen LogP contribution < -0.4 is 0 Å². The van der Waals surface area contributed by atoms with E-state index in [2.05, 4.69) is 0 Å². The fourth-order valence-corrected chi connectivity index (χ4v) is 7.88. The lowest BCUT2D eigenvalue weighted by molar-refractivity contribution is 0.669. The zero-order valence-corrected chi connectivity index (χ0v) is 29.9. The van der Waals surface area contributed by atoms with Crippen LogP contribution in [-0.2, 0) is 0 Å². The molecule has 13 aromatic rings. The van der Waals surface area contributed by atoms with Crippen molar-refractivity contribution in [2.24, 2.45) is 0 Å². The molecule has 4 aromatic heterocycles. The third-order valence-electron chi connectivity index (χ3n) is 10.4. The molecule has 0 saturated carbocycles. The summed E-state index contributed by atoms with van der Waals surface area (Å²) in [6.07, 6.45) is 0. The second-order valence-electron chi connectivity index (χ2n) is 13.7. The van der Waals surface area contributed by atoms with Gasteiger partial charge in [0.05, 0.1) is 24.7 Å². The fourth-order valence-electron chi connectivity index (χ4n) is 7.88. The van der Waals surface area contributed by atoms with Gasteiger partial charge >= 0.3 is 0 Å². The summed E-state index contributed by atoms with van der Waals surface area (Å²) in [5, 5.41) is -1.54. The minimum absolute atomic E-state index is 0.208. The van der Waals surface area contributed by atoms with Crippen LogP contribution in [0.2, 0.25) is 0 Å². The van der Waals surface area contributed by atoms with Crippen molar-refractivity contribution in [3.05, 3.63) is 175 Å². The molecule has 6 nitrogen and oxygen atoms in total. The smallest absolute Gasteiger partial charge is 0.164 e. The number of benzene rings is 9. The molecule has 0 atom stereocenters. The van der Waals surface area contributed by atoms with Crippen molar-refractivity contribution in [1.82, 2.24) is 15.0 Å². The zero-order chi connectivity index (χ0) is 54.3. The Balaban J connectivity index is 1.26. The second kappa shape index (κ2) is 12.2. The Labute approximate surface area is 360 Å². The summed E-state index contributed by atoms with van der Waals surface area (Å²) in [5.74, 6) is -1.18. The van der Waals surface area contributed by atoms with E-state index in [9.17, 15) is 5.48 Å². The first-order chi connectivity index (χ1) is 36.7. The first-order valence-electron chi connectivity index (χ1n) is 27.2. The van der Waals surface area contributed by atoms with Crippen molar-refractivity contribution < 1.29 is 37.9 Å². The third kappa shape index (κ3) is 4.77. The van der Waals surface area contributed by atoms with Crippen LogP contribution in [0.5, 0.6) is 0 Å². The predicted octanol–water partition coefficient (Wildman–Crippen LogP) is 14.5. The van der Waals surface area contributed by atoms with E-state index in [0.717, 1.165) is 11.1 Å². The van der Waals surface area contributed by atoms with E-state index in [-0.39, 0.29) is 66.0 Å². The second-order valence-corrected chi connectivity index (χ2v) is 13.7. The first-order valence-corrected chi connectivity index (χ1v) is 18.2. The molecule has 0 N–H and O–H groups in total. The van der Waals surface area contributed by atoms with Gasteiger partial charge in [-0.1, -0.05) is 133 Å². The fraction of sp³-hybridized carbons (Fsp3) is 0. The maximum atomic E-state index is 9.99. The number of fused-ring (bicyclic) bond motifs is 13. The largest absolute Gasteiger partial charge is 0.456 e. The number of rotatable bonds is 4. The van der Waals surface area contributed by atoms with Crippen LogP contribution in [0.25, 0.3) is 133 Å². The topological polar surface area (TPSA) is 78.1 Å². The Morgan fingerprint density at radius 1 is 0.373 bits per heavy atom. The van der Waals surface area contributed by atoms with Crippen molar-refractivity contribution in [2.75, 3.05) is 0 Å². The normalized spacial score (nSPS) is 16.3. The highest BCUT2D eigenvalue weighted by atomic mass is 16.3. The first kappa shape index (κ1) is 19.4. The number of para-hydroxylation sites is 2. The van der Waals surface area contributed by atoms with Crippen LogP contribution in [-0.4, -0.2) is 15.0 Å². The van der Waals surface area contributed by atoms with Gasteiger partial charge in [-0.2, -0.15) is 0 Å². The molecule has 0 radical (unpaired) electrons. The lowest BCUT2D eigenvalue weighted by Gasteiger charge is -2.12. The SMILES string of the molecule is [2H]c1c([2H])c([2H])c2c(oc3c4c([2H])c([2H])c([2H])c([2H])c4c([2H])c(-c4nc(-c5cccc6oc7cc(-c8ccccc8)ccc7c56)nc(-c5c([2H])c6c([2H])c([2H])c([2H])c([2H])c6c6oc7c([2H])c([2H])c([2H])c([2H])c7c56)n4)c32)c1[2H]. The van der Waals surface area contributed by atoms with E-state index in [4.69, 9.17) is 47.4 Å². The van der Waals surface area contributed by atoms with E-state index in [1.54, 1.807) is 18.2 Å². The molecule has 0 unspecified atom stereocenters. The molecule has 13 rings (SSSR count). The average Bonchev–Trinajstić information content (AvgIpc) is 4.37. The van der Waals surface area contributed by atoms with Crippen LogP contribution in [0.3, 0.4) is 0 Å². The van der Waals surface area contributed by atoms with Gasteiger partial charge in [-0.3, -0.25) is 0 Å². The summed E-state index contributed by atoms with van der Waals surface area (Å²) < 4.78 is 181. The molecule has 0 saturated heterocycles. The van der Waals surface area contributed by atoms with Gasteiger partial charge in [-0.25, -0.2) is 15.0 Å². The molecule has 0 bridgehead atoms. The summed E-state index contributed by atoms with van der Waals surface area (Å²) in [6, 6.07) is 7.99. The highest BCUT2D eigenvalue weighted by molar-refractivity contribution is 6.22. The van der Waals surface area contributed by atoms with Crippen LogP contribution in [0.4, 0.5) is 0 Å². The molecule has 0 aliphatic rings.